The Morgan fingerprint density at radius 2 is 1.87 bits per heavy atom. The van der Waals surface area contributed by atoms with Crippen LogP contribution in [-0.2, 0) is 6.61 Å². The van der Waals surface area contributed by atoms with E-state index in [2.05, 4.69) is 23.9 Å². The van der Waals surface area contributed by atoms with E-state index in [1.807, 2.05) is 36.4 Å². The zero-order valence-electron chi connectivity index (χ0n) is 17.8. The minimum atomic E-state index is -0.374. The molecule has 2 aromatic carbocycles. The molecule has 31 heavy (non-hydrogen) atoms. The molecule has 160 valence electrons. The Kier molecular flexibility index (Phi) is 5.02. The lowest BCUT2D eigenvalue weighted by atomic mass is 9.89. The van der Waals surface area contributed by atoms with Crippen LogP contribution in [0.4, 0.5) is 10.1 Å². The minimum Gasteiger partial charge on any atom is -0.489 e. The molecule has 0 spiro atoms. The molecule has 0 aliphatic carbocycles. The number of anilines is 1. The Bertz CT molecular complexity index is 1160. The van der Waals surface area contributed by atoms with Gasteiger partial charge in [0, 0.05) is 43.5 Å². The first-order valence-electron chi connectivity index (χ1n) is 10.7. The molecule has 3 heterocycles. The average molecular weight is 420 g/mol. The Hall–Kier alpha value is -3.12. The number of piperidine rings is 1. The van der Waals surface area contributed by atoms with Crippen molar-refractivity contribution in [2.75, 3.05) is 32.1 Å². The quantitative estimate of drug-likeness (QED) is 0.645. The van der Waals surface area contributed by atoms with E-state index >= 15 is 4.39 Å². The molecule has 2 aliphatic heterocycles. The number of pyridine rings is 1. The number of fused-ring (bicyclic) bond motifs is 3. The Labute approximate surface area is 181 Å². The molecule has 5 rings (SSSR count). The van der Waals surface area contributed by atoms with E-state index in [0.29, 0.717) is 24.3 Å². The first kappa shape index (κ1) is 19.8. The average Bonchev–Trinajstić information content (AvgIpc) is 3.03. The van der Waals surface area contributed by atoms with Gasteiger partial charge in [0.1, 0.15) is 18.2 Å². The van der Waals surface area contributed by atoms with Crippen molar-refractivity contribution < 1.29 is 9.13 Å². The van der Waals surface area contributed by atoms with E-state index in [1.165, 1.54) is 10.6 Å². The molecule has 5 nitrogen and oxygen atoms in total. The highest BCUT2D eigenvalue weighted by atomic mass is 19.1. The summed E-state index contributed by atoms with van der Waals surface area (Å²) in [5, 5.41) is 0. The van der Waals surface area contributed by atoms with Crippen LogP contribution >= 0.6 is 0 Å². The van der Waals surface area contributed by atoms with Gasteiger partial charge in [0.15, 0.2) is 0 Å². The number of aromatic nitrogens is 1. The number of nitrogens with zero attached hydrogens (tertiary/aromatic N) is 3. The molecule has 1 aromatic heterocycles. The number of likely N-dealkylation sites (tertiary alicyclic amines) is 1. The zero-order chi connectivity index (χ0) is 21.5. The number of halogens is 1. The van der Waals surface area contributed by atoms with Gasteiger partial charge in [-0.05, 0) is 49.3 Å². The standard InChI is InChI=1S/C25H26FN3O2/c1-27-10-9-22-20(15-27)19-13-21(26)24(14-23(19)28(22)2)29-11-8-18(12-25(29)30)31-16-17-6-4-3-5-7-17/h3-8,11-14,20,22H,9-10,15-16H2,1-2H3. The van der Waals surface area contributed by atoms with Gasteiger partial charge >= 0.3 is 0 Å². The van der Waals surface area contributed by atoms with Gasteiger partial charge in [0.25, 0.3) is 5.56 Å². The van der Waals surface area contributed by atoms with Crippen LogP contribution in [0.5, 0.6) is 5.75 Å². The lowest BCUT2D eigenvalue weighted by molar-refractivity contribution is 0.234. The third kappa shape index (κ3) is 3.61. The minimum absolute atomic E-state index is 0.275. The molecular formula is C25H26FN3O2. The number of ether oxygens (including phenoxy) is 1. The van der Waals surface area contributed by atoms with Gasteiger partial charge in [-0.3, -0.25) is 9.36 Å². The van der Waals surface area contributed by atoms with Crippen LogP contribution in [-0.4, -0.2) is 42.7 Å². The van der Waals surface area contributed by atoms with Crippen LogP contribution in [0.25, 0.3) is 5.69 Å². The van der Waals surface area contributed by atoms with E-state index in [9.17, 15) is 4.79 Å². The number of hydrogen-bond donors (Lipinski definition) is 0. The molecule has 1 fully saturated rings. The van der Waals surface area contributed by atoms with Crippen molar-refractivity contribution in [3.63, 3.8) is 0 Å². The summed E-state index contributed by atoms with van der Waals surface area (Å²) in [4.78, 5) is 17.3. The van der Waals surface area contributed by atoms with Crippen LogP contribution in [0.1, 0.15) is 23.5 Å². The summed E-state index contributed by atoms with van der Waals surface area (Å²) in [5.41, 5.74) is 3.03. The molecule has 2 atom stereocenters. The van der Waals surface area contributed by atoms with Crippen molar-refractivity contribution in [1.82, 2.24) is 9.47 Å². The molecule has 6 heteroatoms. The topological polar surface area (TPSA) is 37.7 Å². The SMILES string of the molecule is CN1CCC2C(C1)c1cc(F)c(-n3ccc(OCc4ccccc4)cc3=O)cc1N2C. The number of rotatable bonds is 4. The molecule has 2 aliphatic rings. The maximum atomic E-state index is 15.1. The molecule has 3 aromatic rings. The van der Waals surface area contributed by atoms with Crippen molar-refractivity contribution in [2.24, 2.45) is 0 Å². The fourth-order valence-electron chi connectivity index (χ4n) is 4.89. The lowest BCUT2D eigenvalue weighted by Gasteiger charge is -2.35. The number of hydrogen-bond acceptors (Lipinski definition) is 4. The van der Waals surface area contributed by atoms with Gasteiger partial charge in [0.05, 0.1) is 5.69 Å². The first-order chi connectivity index (χ1) is 15.0. The predicted molar refractivity (Wildman–Crippen MR) is 120 cm³/mol. The summed E-state index contributed by atoms with van der Waals surface area (Å²) >= 11 is 0. The highest BCUT2D eigenvalue weighted by Gasteiger charge is 2.40. The third-order valence-corrected chi connectivity index (χ3v) is 6.55. The predicted octanol–water partition coefficient (Wildman–Crippen LogP) is 3.79. The summed E-state index contributed by atoms with van der Waals surface area (Å²) in [5.74, 6) is 0.395. The van der Waals surface area contributed by atoms with Crippen molar-refractivity contribution in [1.29, 1.82) is 0 Å². The largest absolute Gasteiger partial charge is 0.489 e. The van der Waals surface area contributed by atoms with Gasteiger partial charge in [-0.2, -0.15) is 0 Å². The van der Waals surface area contributed by atoms with Gasteiger partial charge < -0.3 is 14.5 Å². The summed E-state index contributed by atoms with van der Waals surface area (Å²) in [6.45, 7) is 2.34. The molecular weight excluding hydrogens is 393 g/mol. The molecule has 0 N–H and O–H groups in total. The third-order valence-electron chi connectivity index (χ3n) is 6.55. The highest BCUT2D eigenvalue weighted by molar-refractivity contribution is 5.66. The van der Waals surface area contributed by atoms with E-state index in [-0.39, 0.29) is 17.1 Å². The summed E-state index contributed by atoms with van der Waals surface area (Å²) in [7, 11) is 4.18. The zero-order valence-corrected chi connectivity index (χ0v) is 17.8. The molecule has 0 saturated carbocycles. The Morgan fingerprint density at radius 3 is 2.65 bits per heavy atom. The lowest BCUT2D eigenvalue weighted by Crippen LogP contribution is -2.43. The maximum absolute atomic E-state index is 15.1. The van der Waals surface area contributed by atoms with Gasteiger partial charge in [0.2, 0.25) is 0 Å². The second-order valence-corrected chi connectivity index (χ2v) is 8.54. The molecule has 2 unspecified atom stereocenters. The van der Waals surface area contributed by atoms with E-state index in [0.717, 1.165) is 36.3 Å². The number of benzene rings is 2. The molecule has 0 bridgehead atoms. The van der Waals surface area contributed by atoms with Crippen LogP contribution in [0.15, 0.2) is 65.6 Å². The van der Waals surface area contributed by atoms with Gasteiger partial charge in [-0.25, -0.2) is 4.39 Å². The summed E-state index contributed by atoms with van der Waals surface area (Å²) in [6, 6.07) is 16.7. The van der Waals surface area contributed by atoms with Crippen molar-refractivity contribution in [2.45, 2.75) is 25.0 Å². The van der Waals surface area contributed by atoms with Crippen LogP contribution < -0.4 is 15.2 Å². The molecule has 0 radical (unpaired) electrons. The number of likely N-dealkylation sites (N-methyl/N-ethyl adjacent to an activating group) is 2. The Morgan fingerprint density at radius 1 is 1.06 bits per heavy atom. The first-order valence-corrected chi connectivity index (χ1v) is 10.7. The van der Waals surface area contributed by atoms with Crippen molar-refractivity contribution in [3.05, 3.63) is 88.1 Å². The summed E-state index contributed by atoms with van der Waals surface area (Å²) in [6.07, 6.45) is 2.64. The van der Waals surface area contributed by atoms with Crippen molar-refractivity contribution in [3.8, 4) is 11.4 Å². The monoisotopic (exact) mass is 419 g/mol. The second kappa shape index (κ2) is 7.85. The van der Waals surface area contributed by atoms with Gasteiger partial charge in [-0.1, -0.05) is 30.3 Å². The Balaban J connectivity index is 1.43. The second-order valence-electron chi connectivity index (χ2n) is 8.54. The van der Waals surface area contributed by atoms with Crippen LogP contribution in [0, 0.1) is 5.82 Å². The van der Waals surface area contributed by atoms with E-state index in [4.69, 9.17) is 4.74 Å². The fraction of sp³-hybridized carbons (Fsp3) is 0.320. The fourth-order valence-corrected chi connectivity index (χ4v) is 4.89. The van der Waals surface area contributed by atoms with Crippen LogP contribution in [0.3, 0.4) is 0 Å². The molecule has 0 amide bonds. The maximum Gasteiger partial charge on any atom is 0.258 e. The van der Waals surface area contributed by atoms with E-state index in [1.54, 1.807) is 18.3 Å². The summed E-state index contributed by atoms with van der Waals surface area (Å²) < 4.78 is 22.2. The van der Waals surface area contributed by atoms with Crippen molar-refractivity contribution >= 4 is 5.69 Å². The highest BCUT2D eigenvalue weighted by Crippen LogP contribution is 2.44. The van der Waals surface area contributed by atoms with Gasteiger partial charge in [-0.15, -0.1) is 0 Å². The van der Waals surface area contributed by atoms with E-state index < -0.39 is 0 Å². The van der Waals surface area contributed by atoms with Crippen LogP contribution in [0.2, 0.25) is 0 Å². The normalized spacial score (nSPS) is 20.4. The molecule has 1 saturated heterocycles. The smallest absolute Gasteiger partial charge is 0.258 e.